The molecule has 32 heavy (non-hydrogen) atoms. The molecular weight excluding hydrogens is 446 g/mol. The number of aliphatic hydroxyl groups is 1. The second-order valence-corrected chi connectivity index (χ2v) is 10.1. The number of pyridine rings is 1. The van der Waals surface area contributed by atoms with E-state index in [0.29, 0.717) is 51.0 Å². The zero-order chi connectivity index (χ0) is 23.6. The topological polar surface area (TPSA) is 45.5 Å². The third kappa shape index (κ3) is 5.08. The van der Waals surface area contributed by atoms with Crippen molar-refractivity contribution >= 4 is 44.8 Å². The van der Waals surface area contributed by atoms with Crippen LogP contribution in [-0.2, 0) is 5.60 Å². The van der Waals surface area contributed by atoms with Crippen LogP contribution in [0.4, 0.5) is 4.39 Å². The molecule has 0 saturated heterocycles. The number of allylic oxidation sites excluding steroid dienone is 3. The first kappa shape index (κ1) is 24.9. The van der Waals surface area contributed by atoms with Gasteiger partial charge < -0.3 is 5.11 Å². The molecule has 0 spiro atoms. The summed E-state index contributed by atoms with van der Waals surface area (Å²) < 4.78 is 15.3. The van der Waals surface area contributed by atoms with Gasteiger partial charge in [0, 0.05) is 23.3 Å². The summed E-state index contributed by atoms with van der Waals surface area (Å²) in [4.78, 5) is 8.52. The van der Waals surface area contributed by atoms with E-state index in [2.05, 4.69) is 30.7 Å². The Morgan fingerprint density at radius 1 is 1.38 bits per heavy atom. The van der Waals surface area contributed by atoms with Crippen molar-refractivity contribution in [3.63, 3.8) is 0 Å². The van der Waals surface area contributed by atoms with Gasteiger partial charge in [0.1, 0.15) is 16.5 Å². The Morgan fingerprint density at radius 3 is 2.66 bits per heavy atom. The smallest absolute Gasteiger partial charge is 0.150 e. The van der Waals surface area contributed by atoms with Crippen LogP contribution in [0.3, 0.4) is 0 Å². The molecule has 6 heteroatoms. The molecular formula is C26H31Cl2FN2O. The lowest BCUT2D eigenvalue weighted by atomic mass is 9.82. The number of aliphatic imine (C=N–C) groups is 1. The highest BCUT2D eigenvalue weighted by molar-refractivity contribution is 6.64. The predicted molar refractivity (Wildman–Crippen MR) is 134 cm³/mol. The van der Waals surface area contributed by atoms with Crippen LogP contribution in [0.15, 0.2) is 40.6 Å². The van der Waals surface area contributed by atoms with Gasteiger partial charge in [-0.1, -0.05) is 57.0 Å². The van der Waals surface area contributed by atoms with Crippen LogP contribution in [0.1, 0.15) is 82.9 Å². The highest BCUT2D eigenvalue weighted by Gasteiger charge is 2.39. The molecule has 1 fully saturated rings. The van der Waals surface area contributed by atoms with Crippen molar-refractivity contribution in [1.29, 1.82) is 0 Å². The number of rotatable bonds is 6. The molecule has 0 aliphatic heterocycles. The van der Waals surface area contributed by atoms with E-state index >= 15 is 4.39 Å². The summed E-state index contributed by atoms with van der Waals surface area (Å²) in [5, 5.41) is 12.9. The number of benzene rings is 1. The monoisotopic (exact) mass is 476 g/mol. The molecule has 0 radical (unpaired) electrons. The van der Waals surface area contributed by atoms with E-state index < -0.39 is 11.4 Å². The summed E-state index contributed by atoms with van der Waals surface area (Å²) in [6, 6.07) is 3.39. The first-order valence-electron chi connectivity index (χ1n) is 11.2. The molecule has 1 aromatic carbocycles. The van der Waals surface area contributed by atoms with E-state index in [1.807, 2.05) is 19.1 Å². The summed E-state index contributed by atoms with van der Waals surface area (Å²) in [5.41, 5.74) is 2.46. The fourth-order valence-electron chi connectivity index (χ4n) is 4.71. The van der Waals surface area contributed by atoms with Crippen molar-refractivity contribution in [2.45, 2.75) is 71.8 Å². The zero-order valence-electron chi connectivity index (χ0n) is 19.3. The molecule has 1 heterocycles. The summed E-state index contributed by atoms with van der Waals surface area (Å²) in [6.45, 7) is 9.95. The van der Waals surface area contributed by atoms with E-state index in [1.165, 1.54) is 12.3 Å². The summed E-state index contributed by atoms with van der Waals surface area (Å²) >= 11 is 12.4. The maximum atomic E-state index is 15.3. The van der Waals surface area contributed by atoms with Gasteiger partial charge in [0.05, 0.1) is 10.6 Å². The lowest BCUT2D eigenvalue weighted by Crippen LogP contribution is -2.24. The van der Waals surface area contributed by atoms with Crippen LogP contribution in [-0.4, -0.2) is 15.3 Å². The van der Waals surface area contributed by atoms with Crippen LogP contribution in [0, 0.1) is 11.7 Å². The Balaban J connectivity index is 2.27. The lowest BCUT2D eigenvalue weighted by molar-refractivity contribution is 0.0395. The number of halogens is 3. The normalized spacial score (nSPS) is 22.9. The van der Waals surface area contributed by atoms with Gasteiger partial charge >= 0.3 is 0 Å². The predicted octanol–water partition coefficient (Wildman–Crippen LogP) is 8.04. The molecule has 2 unspecified atom stereocenters. The largest absolute Gasteiger partial charge is 0.385 e. The summed E-state index contributed by atoms with van der Waals surface area (Å²) in [7, 11) is 0. The van der Waals surface area contributed by atoms with Crippen LogP contribution in [0.5, 0.6) is 0 Å². The van der Waals surface area contributed by atoms with E-state index in [4.69, 9.17) is 23.2 Å². The van der Waals surface area contributed by atoms with Gasteiger partial charge in [0.25, 0.3) is 0 Å². The Labute approximate surface area is 200 Å². The van der Waals surface area contributed by atoms with E-state index in [0.717, 1.165) is 24.0 Å². The zero-order valence-corrected chi connectivity index (χ0v) is 20.9. The molecule has 1 aromatic heterocycles. The number of aromatic nitrogens is 1. The van der Waals surface area contributed by atoms with Crippen LogP contribution in [0.25, 0.3) is 16.5 Å². The molecule has 1 aliphatic carbocycles. The maximum Gasteiger partial charge on any atom is 0.150 e. The fourth-order valence-corrected chi connectivity index (χ4v) is 4.99. The minimum absolute atomic E-state index is 0.0817. The maximum absolute atomic E-state index is 15.3. The van der Waals surface area contributed by atoms with E-state index in [1.54, 1.807) is 13.1 Å². The van der Waals surface area contributed by atoms with Gasteiger partial charge in [0.15, 0.2) is 0 Å². The average molecular weight is 477 g/mol. The standard InChI is InChI=1S/C26H31Cl2FN2O/c1-6-7-19(22(28)14-30-17(5)27)18-10-20-24(15(2)3)21(13-31-25(20)23(29)11-18)26(32)9-8-16(4)12-26/h7,10-11,13-16,32H,6,8-9,12H2,1-5H3/b19-7+,22-14+,30-17?. The summed E-state index contributed by atoms with van der Waals surface area (Å²) in [5.74, 6) is 0.104. The Bertz CT molecular complexity index is 1100. The third-order valence-electron chi connectivity index (χ3n) is 6.11. The number of fused-ring (bicyclic) bond motifs is 1. The van der Waals surface area contributed by atoms with Crippen molar-refractivity contribution in [2.24, 2.45) is 10.9 Å². The second-order valence-electron chi connectivity index (χ2n) is 9.10. The Kier molecular flexibility index (Phi) is 7.80. The van der Waals surface area contributed by atoms with Crippen LogP contribution < -0.4 is 0 Å². The first-order chi connectivity index (χ1) is 15.1. The van der Waals surface area contributed by atoms with Crippen LogP contribution >= 0.6 is 23.2 Å². The van der Waals surface area contributed by atoms with Gasteiger partial charge in [0.2, 0.25) is 0 Å². The molecule has 1 aliphatic rings. The van der Waals surface area contributed by atoms with Gasteiger partial charge in [-0.3, -0.25) is 4.98 Å². The van der Waals surface area contributed by atoms with Crippen molar-refractivity contribution in [3.8, 4) is 0 Å². The van der Waals surface area contributed by atoms with Gasteiger partial charge in [-0.25, -0.2) is 9.38 Å². The molecule has 0 bridgehead atoms. The molecule has 172 valence electrons. The average Bonchev–Trinajstić information content (AvgIpc) is 3.08. The van der Waals surface area contributed by atoms with E-state index in [-0.39, 0.29) is 5.92 Å². The second kappa shape index (κ2) is 10.0. The number of hydrogen-bond donors (Lipinski definition) is 1. The Morgan fingerprint density at radius 2 is 2.09 bits per heavy atom. The third-order valence-corrected chi connectivity index (χ3v) is 6.51. The lowest BCUT2D eigenvalue weighted by Gasteiger charge is -2.28. The van der Waals surface area contributed by atoms with Gasteiger partial charge in [-0.15, -0.1) is 0 Å². The van der Waals surface area contributed by atoms with Crippen molar-refractivity contribution in [3.05, 3.63) is 58.1 Å². The number of nitrogens with zero attached hydrogens (tertiary/aromatic N) is 2. The first-order valence-corrected chi connectivity index (χ1v) is 11.9. The van der Waals surface area contributed by atoms with Gasteiger partial charge in [-0.2, -0.15) is 0 Å². The molecule has 0 amide bonds. The molecule has 2 atom stereocenters. The van der Waals surface area contributed by atoms with Crippen LogP contribution in [0.2, 0.25) is 0 Å². The number of hydrogen-bond acceptors (Lipinski definition) is 3. The quantitative estimate of drug-likeness (QED) is 0.338. The summed E-state index contributed by atoms with van der Waals surface area (Å²) in [6.07, 6.45) is 8.15. The molecule has 1 saturated carbocycles. The molecule has 1 N–H and O–H groups in total. The molecule has 2 aromatic rings. The molecule has 3 nitrogen and oxygen atoms in total. The van der Waals surface area contributed by atoms with Crippen molar-refractivity contribution < 1.29 is 9.50 Å². The minimum atomic E-state index is -0.932. The highest BCUT2D eigenvalue weighted by Crippen LogP contribution is 2.46. The van der Waals surface area contributed by atoms with Crippen molar-refractivity contribution in [2.75, 3.05) is 0 Å². The van der Waals surface area contributed by atoms with E-state index in [9.17, 15) is 5.11 Å². The van der Waals surface area contributed by atoms with Crippen molar-refractivity contribution in [1.82, 2.24) is 4.98 Å². The fraction of sp³-hybridized carbons (Fsp3) is 0.462. The Hall–Kier alpha value is -1.75. The van der Waals surface area contributed by atoms with Gasteiger partial charge in [-0.05, 0) is 73.3 Å². The molecule has 3 rings (SSSR count). The SMILES string of the molecule is CC/C=C(/C(Cl)=C\N=C(C)Cl)c1cc(F)c2ncc(C3(O)CCC(C)C3)c(C(C)C)c2c1. The minimum Gasteiger partial charge on any atom is -0.385 e. The highest BCUT2D eigenvalue weighted by atomic mass is 35.5.